The van der Waals surface area contributed by atoms with Crippen LogP contribution in [-0.4, -0.2) is 49.2 Å². The number of ether oxygens (including phenoxy) is 1. The van der Waals surface area contributed by atoms with Crippen molar-refractivity contribution >= 4 is 23.6 Å². The van der Waals surface area contributed by atoms with Crippen molar-refractivity contribution in [2.24, 2.45) is 0 Å². The van der Waals surface area contributed by atoms with Gasteiger partial charge in [-0.3, -0.25) is 14.9 Å². The summed E-state index contributed by atoms with van der Waals surface area (Å²) in [7, 11) is 0. The molecule has 1 fully saturated rings. The fourth-order valence-electron chi connectivity index (χ4n) is 2.74. The zero-order chi connectivity index (χ0) is 22.5. The lowest BCUT2D eigenvalue weighted by Crippen LogP contribution is -2.43. The predicted molar refractivity (Wildman–Crippen MR) is 103 cm³/mol. The van der Waals surface area contributed by atoms with Crippen molar-refractivity contribution in [3.05, 3.63) is 29.3 Å². The Kier molecular flexibility index (Phi) is 7.30. The topological polar surface area (TPSA) is 109 Å². The first kappa shape index (κ1) is 23.5. The van der Waals surface area contributed by atoms with Crippen LogP contribution in [0.1, 0.15) is 43.1 Å². The number of alkyl halides is 3. The molecule has 0 unspecified atom stereocenters. The second-order valence-electron chi connectivity index (χ2n) is 7.82. The molecule has 11 heteroatoms. The molecule has 0 aromatic heterocycles. The van der Waals surface area contributed by atoms with Gasteiger partial charge in [0.25, 0.3) is 5.91 Å². The van der Waals surface area contributed by atoms with E-state index in [0.29, 0.717) is 12.6 Å². The van der Waals surface area contributed by atoms with Gasteiger partial charge >= 0.3 is 12.3 Å². The minimum absolute atomic E-state index is 0.0626. The van der Waals surface area contributed by atoms with Crippen molar-refractivity contribution < 1.29 is 32.3 Å². The molecule has 1 saturated heterocycles. The number of benzene rings is 1. The fourth-order valence-corrected chi connectivity index (χ4v) is 2.74. The van der Waals surface area contributed by atoms with Crippen LogP contribution in [-0.2, 0) is 15.7 Å². The van der Waals surface area contributed by atoms with Gasteiger partial charge in [-0.1, -0.05) is 0 Å². The molecule has 0 saturated carbocycles. The lowest BCUT2D eigenvalue weighted by molar-refractivity contribution is -0.137. The SMILES string of the molecule is CC(C)(C)OC(=O)Nc1ccc(C(F)(F)F)cc1C(=O)NCC(=O)N[C@@H]1CCNC1. The van der Waals surface area contributed by atoms with Crippen LogP contribution >= 0.6 is 0 Å². The minimum atomic E-state index is -4.69. The average molecular weight is 430 g/mol. The van der Waals surface area contributed by atoms with E-state index in [2.05, 4.69) is 21.3 Å². The molecule has 0 spiro atoms. The first-order valence-corrected chi connectivity index (χ1v) is 9.34. The van der Waals surface area contributed by atoms with E-state index in [1.165, 1.54) is 0 Å². The van der Waals surface area contributed by atoms with E-state index in [-0.39, 0.29) is 11.7 Å². The smallest absolute Gasteiger partial charge is 0.416 e. The molecule has 1 aliphatic rings. The third-order valence-corrected chi connectivity index (χ3v) is 4.06. The van der Waals surface area contributed by atoms with Gasteiger partial charge in [-0.15, -0.1) is 0 Å². The molecule has 0 bridgehead atoms. The molecule has 1 atom stereocenters. The molecule has 3 amide bonds. The monoisotopic (exact) mass is 430 g/mol. The number of hydrogen-bond acceptors (Lipinski definition) is 5. The molecule has 0 radical (unpaired) electrons. The number of halogens is 3. The lowest BCUT2D eigenvalue weighted by atomic mass is 10.1. The summed E-state index contributed by atoms with van der Waals surface area (Å²) in [5, 5.41) is 10.3. The van der Waals surface area contributed by atoms with Gasteiger partial charge in [-0.05, 0) is 51.9 Å². The summed E-state index contributed by atoms with van der Waals surface area (Å²) in [6.45, 7) is 5.80. The molecule has 30 heavy (non-hydrogen) atoms. The number of carbonyl (C=O) groups excluding carboxylic acids is 3. The zero-order valence-electron chi connectivity index (χ0n) is 16.9. The lowest BCUT2D eigenvalue weighted by Gasteiger charge is -2.21. The summed E-state index contributed by atoms with van der Waals surface area (Å²) >= 11 is 0. The van der Waals surface area contributed by atoms with Crippen LogP contribution in [0, 0.1) is 0 Å². The largest absolute Gasteiger partial charge is 0.444 e. The van der Waals surface area contributed by atoms with Gasteiger partial charge < -0.3 is 20.7 Å². The van der Waals surface area contributed by atoms with Gasteiger partial charge in [-0.25, -0.2) is 4.79 Å². The maximum atomic E-state index is 13.1. The summed E-state index contributed by atoms with van der Waals surface area (Å²) in [6, 6.07) is 2.25. The van der Waals surface area contributed by atoms with Gasteiger partial charge in [0, 0.05) is 12.6 Å². The van der Waals surface area contributed by atoms with E-state index in [1.807, 2.05) is 0 Å². The van der Waals surface area contributed by atoms with E-state index in [1.54, 1.807) is 20.8 Å². The quantitative estimate of drug-likeness (QED) is 0.573. The van der Waals surface area contributed by atoms with Crippen LogP contribution in [0.3, 0.4) is 0 Å². The Labute approximate surface area is 171 Å². The highest BCUT2D eigenvalue weighted by Crippen LogP contribution is 2.32. The van der Waals surface area contributed by atoms with Crippen LogP contribution < -0.4 is 21.3 Å². The molecular weight excluding hydrogens is 405 g/mol. The second kappa shape index (κ2) is 9.33. The summed E-state index contributed by atoms with van der Waals surface area (Å²) in [6.07, 6.45) is -4.87. The summed E-state index contributed by atoms with van der Waals surface area (Å²) < 4.78 is 44.3. The Hall–Kier alpha value is -2.82. The summed E-state index contributed by atoms with van der Waals surface area (Å²) in [5.74, 6) is -1.41. The molecule has 166 valence electrons. The van der Waals surface area contributed by atoms with Crippen molar-refractivity contribution in [1.29, 1.82) is 0 Å². The fraction of sp³-hybridized carbons (Fsp3) is 0.526. The van der Waals surface area contributed by atoms with Crippen molar-refractivity contribution in [3.63, 3.8) is 0 Å². The molecular formula is C19H25F3N4O4. The third-order valence-electron chi connectivity index (χ3n) is 4.06. The van der Waals surface area contributed by atoms with Crippen LogP contribution in [0.25, 0.3) is 0 Å². The number of amides is 3. The predicted octanol–water partition coefficient (Wildman–Crippen LogP) is 2.26. The Bertz CT molecular complexity index is 800. The standard InChI is InChI=1S/C19H25F3N4O4/c1-18(2,3)30-17(29)26-14-5-4-11(19(20,21)22)8-13(14)16(28)24-10-15(27)25-12-6-7-23-9-12/h4-5,8,12,23H,6-7,9-10H2,1-3H3,(H,24,28)(H,25,27)(H,26,29)/t12-/m1/s1. The van der Waals surface area contributed by atoms with Crippen LogP contribution in [0.5, 0.6) is 0 Å². The molecule has 1 aromatic rings. The highest BCUT2D eigenvalue weighted by atomic mass is 19.4. The van der Waals surface area contributed by atoms with E-state index in [4.69, 9.17) is 4.74 Å². The third kappa shape index (κ3) is 7.21. The minimum Gasteiger partial charge on any atom is -0.444 e. The van der Waals surface area contributed by atoms with Gasteiger partial charge in [-0.2, -0.15) is 13.2 Å². The molecule has 2 rings (SSSR count). The summed E-state index contributed by atoms with van der Waals surface area (Å²) in [5.41, 5.74) is -2.52. The van der Waals surface area contributed by atoms with Gasteiger partial charge in [0.1, 0.15) is 5.60 Å². The number of hydrogen-bond donors (Lipinski definition) is 4. The molecule has 1 aromatic carbocycles. The van der Waals surface area contributed by atoms with Crippen molar-refractivity contribution in [2.45, 2.75) is 45.0 Å². The van der Waals surface area contributed by atoms with E-state index in [0.717, 1.165) is 25.1 Å². The number of anilines is 1. The molecule has 4 N–H and O–H groups in total. The van der Waals surface area contributed by atoms with E-state index >= 15 is 0 Å². The Morgan fingerprint density at radius 2 is 1.90 bits per heavy atom. The van der Waals surface area contributed by atoms with E-state index < -0.39 is 47.4 Å². The van der Waals surface area contributed by atoms with Crippen molar-refractivity contribution in [3.8, 4) is 0 Å². The Balaban J connectivity index is 2.13. The van der Waals surface area contributed by atoms with Gasteiger partial charge in [0.15, 0.2) is 0 Å². The first-order chi connectivity index (χ1) is 13.8. The highest BCUT2D eigenvalue weighted by Gasteiger charge is 2.32. The maximum absolute atomic E-state index is 13.1. The Morgan fingerprint density at radius 3 is 2.47 bits per heavy atom. The van der Waals surface area contributed by atoms with Crippen LogP contribution in [0.2, 0.25) is 0 Å². The second-order valence-corrected chi connectivity index (χ2v) is 7.82. The molecule has 1 heterocycles. The van der Waals surface area contributed by atoms with E-state index in [9.17, 15) is 27.6 Å². The normalized spacial score (nSPS) is 16.7. The maximum Gasteiger partial charge on any atom is 0.416 e. The van der Waals surface area contributed by atoms with Crippen LogP contribution in [0.15, 0.2) is 18.2 Å². The van der Waals surface area contributed by atoms with Gasteiger partial charge in [0.2, 0.25) is 5.91 Å². The molecule has 1 aliphatic heterocycles. The number of rotatable bonds is 5. The number of nitrogens with one attached hydrogen (secondary N) is 4. The molecule has 0 aliphatic carbocycles. The highest BCUT2D eigenvalue weighted by molar-refractivity contribution is 6.04. The zero-order valence-corrected chi connectivity index (χ0v) is 16.9. The average Bonchev–Trinajstić information content (AvgIpc) is 3.10. The van der Waals surface area contributed by atoms with Gasteiger partial charge in [0.05, 0.1) is 23.4 Å². The molecule has 8 nitrogen and oxygen atoms in total. The van der Waals surface area contributed by atoms with Crippen LogP contribution in [0.4, 0.5) is 23.7 Å². The van der Waals surface area contributed by atoms with Crippen molar-refractivity contribution in [1.82, 2.24) is 16.0 Å². The Morgan fingerprint density at radius 1 is 1.20 bits per heavy atom. The number of carbonyl (C=O) groups is 3. The summed E-state index contributed by atoms with van der Waals surface area (Å²) in [4.78, 5) is 36.4. The first-order valence-electron chi connectivity index (χ1n) is 9.34. The van der Waals surface area contributed by atoms with Crippen molar-refractivity contribution in [2.75, 3.05) is 25.0 Å².